The van der Waals surface area contributed by atoms with Crippen molar-refractivity contribution in [3.05, 3.63) is 52.3 Å². The van der Waals surface area contributed by atoms with Crippen LogP contribution in [0, 0.1) is 17.8 Å². The summed E-state index contributed by atoms with van der Waals surface area (Å²) < 4.78 is 5.07. The summed E-state index contributed by atoms with van der Waals surface area (Å²) in [6, 6.07) is 1.43. The third kappa shape index (κ3) is 4.31. The van der Waals surface area contributed by atoms with E-state index < -0.39 is 5.97 Å². The second kappa shape index (κ2) is 7.58. The van der Waals surface area contributed by atoms with Crippen LogP contribution in [0.5, 0.6) is 0 Å². The quantitative estimate of drug-likeness (QED) is 0.372. The second-order valence-electron chi connectivity index (χ2n) is 4.82. The van der Waals surface area contributed by atoms with Gasteiger partial charge in [0.05, 0.1) is 11.1 Å². The predicted octanol–water partition coefficient (Wildman–Crippen LogP) is 2.96. The highest BCUT2D eigenvalue weighted by atomic mass is 35.5. The van der Waals surface area contributed by atoms with Crippen LogP contribution in [0.15, 0.2) is 36.1 Å². The monoisotopic (exact) mass is 315 g/mol. The van der Waals surface area contributed by atoms with Crippen LogP contribution >= 0.6 is 11.6 Å². The van der Waals surface area contributed by atoms with Gasteiger partial charge >= 0.3 is 5.97 Å². The van der Waals surface area contributed by atoms with Crippen molar-refractivity contribution < 1.29 is 14.3 Å². The van der Waals surface area contributed by atoms with Gasteiger partial charge in [0.1, 0.15) is 5.15 Å². The maximum Gasteiger partial charge on any atom is 0.338 e. The summed E-state index contributed by atoms with van der Waals surface area (Å²) in [7, 11) is 0. The van der Waals surface area contributed by atoms with Crippen LogP contribution in [0.25, 0.3) is 0 Å². The van der Waals surface area contributed by atoms with Crippen molar-refractivity contribution in [1.29, 1.82) is 0 Å². The molecule has 1 aromatic rings. The molecule has 1 aliphatic carbocycles. The molecule has 0 saturated carbocycles. The van der Waals surface area contributed by atoms with E-state index in [0.29, 0.717) is 28.9 Å². The van der Waals surface area contributed by atoms with Crippen LogP contribution in [0.4, 0.5) is 0 Å². The molecule has 4 nitrogen and oxygen atoms in total. The number of pyridine rings is 1. The molecule has 0 fully saturated rings. The summed E-state index contributed by atoms with van der Waals surface area (Å²) in [5, 5.41) is 0.226. The molecule has 1 unspecified atom stereocenters. The van der Waals surface area contributed by atoms with Crippen LogP contribution < -0.4 is 0 Å². The number of nitrogens with zero attached hydrogens (tertiary/aromatic N) is 1. The van der Waals surface area contributed by atoms with Gasteiger partial charge in [0.2, 0.25) is 0 Å². The Labute approximate surface area is 133 Å². The number of halogens is 1. The van der Waals surface area contributed by atoms with E-state index in [2.05, 4.69) is 23.7 Å². The molecular formula is C17H14ClNO3. The molecule has 0 bridgehead atoms. The van der Waals surface area contributed by atoms with Gasteiger partial charge in [0, 0.05) is 11.8 Å². The number of ether oxygens (including phenoxy) is 1. The van der Waals surface area contributed by atoms with Gasteiger partial charge in [0.25, 0.3) is 0 Å². The molecule has 5 heteroatoms. The first-order valence-corrected chi connectivity index (χ1v) is 7.13. The van der Waals surface area contributed by atoms with Crippen LogP contribution in [-0.4, -0.2) is 23.8 Å². The summed E-state index contributed by atoms with van der Waals surface area (Å²) in [5.41, 5.74) is 1.34. The zero-order chi connectivity index (χ0) is 15.9. The van der Waals surface area contributed by atoms with Gasteiger partial charge in [-0.25, -0.2) is 9.78 Å². The average molecular weight is 316 g/mol. The molecule has 0 amide bonds. The van der Waals surface area contributed by atoms with E-state index in [1.54, 1.807) is 6.08 Å². The second-order valence-corrected chi connectivity index (χ2v) is 5.21. The van der Waals surface area contributed by atoms with Gasteiger partial charge in [-0.1, -0.05) is 48.6 Å². The normalized spacial score (nSPS) is 16.3. The molecular weight excluding hydrogens is 302 g/mol. The average Bonchev–Trinajstić information content (AvgIpc) is 2.53. The highest BCUT2D eigenvalue weighted by Gasteiger charge is 2.11. The molecule has 22 heavy (non-hydrogen) atoms. The van der Waals surface area contributed by atoms with E-state index in [-0.39, 0.29) is 11.8 Å². The molecule has 1 aromatic heterocycles. The fourth-order valence-electron chi connectivity index (χ4n) is 1.84. The van der Waals surface area contributed by atoms with Crippen molar-refractivity contribution in [2.45, 2.75) is 13.3 Å². The number of rotatable bonds is 3. The molecule has 112 valence electrons. The fraction of sp³-hybridized carbons (Fsp3) is 0.235. The van der Waals surface area contributed by atoms with Crippen LogP contribution in [0.1, 0.15) is 29.3 Å². The van der Waals surface area contributed by atoms with Gasteiger partial charge in [0.15, 0.2) is 12.9 Å². The lowest BCUT2D eigenvalue weighted by atomic mass is 9.99. The Kier molecular flexibility index (Phi) is 5.51. The Morgan fingerprint density at radius 3 is 3.09 bits per heavy atom. The summed E-state index contributed by atoms with van der Waals surface area (Å²) in [6.07, 6.45) is 8.48. The number of carbonyl (C=O) groups excluding carboxylic acids is 2. The van der Waals surface area contributed by atoms with E-state index in [1.165, 1.54) is 12.3 Å². The molecule has 0 N–H and O–H groups in total. The topological polar surface area (TPSA) is 56.3 Å². The fourth-order valence-corrected chi connectivity index (χ4v) is 2.01. The van der Waals surface area contributed by atoms with E-state index in [4.69, 9.17) is 16.3 Å². The van der Waals surface area contributed by atoms with Crippen molar-refractivity contribution in [2.24, 2.45) is 5.92 Å². The lowest BCUT2D eigenvalue weighted by Gasteiger charge is -2.10. The summed E-state index contributed by atoms with van der Waals surface area (Å²) >= 11 is 5.69. The molecule has 0 spiro atoms. The lowest BCUT2D eigenvalue weighted by Crippen LogP contribution is -2.09. The summed E-state index contributed by atoms with van der Waals surface area (Å²) in [5.74, 6) is 5.47. The molecule has 1 atom stereocenters. The lowest BCUT2D eigenvalue weighted by molar-refractivity contribution is -0.137. The van der Waals surface area contributed by atoms with Crippen molar-refractivity contribution >= 4 is 23.9 Å². The largest absolute Gasteiger partial charge is 0.449 e. The summed E-state index contributed by atoms with van der Waals surface area (Å²) in [6.45, 7) is 2.02. The Morgan fingerprint density at radius 1 is 1.59 bits per heavy atom. The highest BCUT2D eigenvalue weighted by molar-refractivity contribution is 6.29. The zero-order valence-corrected chi connectivity index (χ0v) is 12.8. The Morgan fingerprint density at radius 2 is 2.41 bits per heavy atom. The maximum atomic E-state index is 11.8. The Bertz CT molecular complexity index is 710. The van der Waals surface area contributed by atoms with E-state index >= 15 is 0 Å². The number of carbonyl (C=O) groups is 2. The Balaban J connectivity index is 1.94. The standard InChI is InChI=1S/C17H14ClNO3/c1-12-4-6-13(7-5-12)17(21)22-8-2-3-14-10-19-16(18)9-15(14)11-20/h4,6-7,9-12H,5,8H2,1H3. The number of esters is 1. The number of aromatic nitrogens is 1. The molecule has 0 aliphatic heterocycles. The minimum Gasteiger partial charge on any atom is -0.449 e. The molecule has 1 aliphatic rings. The molecule has 2 rings (SSSR count). The first-order chi connectivity index (χ1) is 10.6. The number of allylic oxidation sites excluding steroid dienone is 2. The van der Waals surface area contributed by atoms with Gasteiger partial charge < -0.3 is 4.74 Å². The Hall–Kier alpha value is -2.38. The zero-order valence-electron chi connectivity index (χ0n) is 12.0. The van der Waals surface area contributed by atoms with Crippen molar-refractivity contribution in [1.82, 2.24) is 4.98 Å². The SMILES string of the molecule is CC1C=CC(C(=O)OCC#Cc2cnc(Cl)cc2C=O)=CC1. The van der Waals surface area contributed by atoms with Crippen LogP contribution in [0.3, 0.4) is 0 Å². The molecule has 0 saturated heterocycles. The minimum absolute atomic E-state index is 0.0551. The number of hydrogen-bond acceptors (Lipinski definition) is 4. The van der Waals surface area contributed by atoms with Gasteiger partial charge in [-0.05, 0) is 18.4 Å². The van der Waals surface area contributed by atoms with Crippen LogP contribution in [-0.2, 0) is 9.53 Å². The third-order valence-electron chi connectivity index (χ3n) is 3.08. The van der Waals surface area contributed by atoms with Crippen molar-refractivity contribution in [3.8, 4) is 11.8 Å². The maximum absolute atomic E-state index is 11.8. The van der Waals surface area contributed by atoms with Gasteiger partial charge in [-0.3, -0.25) is 4.79 Å². The third-order valence-corrected chi connectivity index (χ3v) is 3.28. The smallest absolute Gasteiger partial charge is 0.338 e. The van der Waals surface area contributed by atoms with Crippen LogP contribution in [0.2, 0.25) is 5.15 Å². The number of aldehydes is 1. The molecule has 0 aromatic carbocycles. The van der Waals surface area contributed by atoms with Gasteiger partial charge in [-0.15, -0.1) is 0 Å². The van der Waals surface area contributed by atoms with Crippen molar-refractivity contribution in [3.63, 3.8) is 0 Å². The number of hydrogen-bond donors (Lipinski definition) is 0. The molecule has 1 heterocycles. The molecule has 0 radical (unpaired) electrons. The predicted molar refractivity (Wildman–Crippen MR) is 83.5 cm³/mol. The first-order valence-electron chi connectivity index (χ1n) is 6.75. The highest BCUT2D eigenvalue weighted by Crippen LogP contribution is 2.16. The van der Waals surface area contributed by atoms with Crippen molar-refractivity contribution in [2.75, 3.05) is 6.61 Å². The summed E-state index contributed by atoms with van der Waals surface area (Å²) in [4.78, 5) is 26.5. The van der Waals surface area contributed by atoms with E-state index in [9.17, 15) is 9.59 Å². The van der Waals surface area contributed by atoms with Gasteiger partial charge in [-0.2, -0.15) is 0 Å². The first kappa shape index (κ1) is 16.0. The minimum atomic E-state index is -0.401. The van der Waals surface area contributed by atoms with E-state index in [0.717, 1.165) is 6.42 Å². The van der Waals surface area contributed by atoms with E-state index in [1.807, 2.05) is 12.2 Å².